The van der Waals surface area contributed by atoms with E-state index in [9.17, 15) is 4.79 Å². The molecule has 0 saturated heterocycles. The number of rotatable bonds is 3. The van der Waals surface area contributed by atoms with Crippen LogP contribution in [0.2, 0.25) is 0 Å². The molecule has 0 radical (unpaired) electrons. The molecule has 114 valence electrons. The predicted molar refractivity (Wildman–Crippen MR) is 88.0 cm³/mol. The topological polar surface area (TPSA) is 55.1 Å². The van der Waals surface area contributed by atoms with E-state index in [0.717, 1.165) is 17.7 Å². The predicted octanol–water partition coefficient (Wildman–Crippen LogP) is 3.30. The SMILES string of the molecule is CC(C)(CN)NC(=O)c1cc2c(s1)CCCCCC2.Cl. The molecule has 0 spiro atoms. The van der Waals surface area contributed by atoms with Crippen molar-refractivity contribution in [1.82, 2.24) is 5.32 Å². The third kappa shape index (κ3) is 4.47. The van der Waals surface area contributed by atoms with E-state index in [-0.39, 0.29) is 23.9 Å². The van der Waals surface area contributed by atoms with Gasteiger partial charge in [0.2, 0.25) is 0 Å². The van der Waals surface area contributed by atoms with Gasteiger partial charge >= 0.3 is 0 Å². The zero-order valence-electron chi connectivity index (χ0n) is 12.3. The lowest BCUT2D eigenvalue weighted by atomic mass is 9.99. The molecule has 0 saturated carbocycles. The van der Waals surface area contributed by atoms with Crippen molar-refractivity contribution >= 4 is 29.7 Å². The molecule has 0 aliphatic heterocycles. The van der Waals surface area contributed by atoms with E-state index in [4.69, 9.17) is 5.73 Å². The zero-order chi connectivity index (χ0) is 13.9. The number of hydrogen-bond acceptors (Lipinski definition) is 3. The number of halogens is 1. The van der Waals surface area contributed by atoms with Crippen LogP contribution in [0.15, 0.2) is 6.07 Å². The van der Waals surface area contributed by atoms with Crippen LogP contribution in [0.3, 0.4) is 0 Å². The lowest BCUT2D eigenvalue weighted by Gasteiger charge is -2.23. The average molecular weight is 317 g/mol. The second-order valence-corrected chi connectivity index (χ2v) is 7.15. The monoisotopic (exact) mass is 316 g/mol. The largest absolute Gasteiger partial charge is 0.345 e. The van der Waals surface area contributed by atoms with Crippen LogP contribution in [0, 0.1) is 0 Å². The molecule has 3 nitrogen and oxygen atoms in total. The number of carbonyl (C=O) groups excluding carboxylic acids is 1. The van der Waals surface area contributed by atoms with Gasteiger partial charge in [-0.05, 0) is 51.2 Å². The molecule has 1 aliphatic carbocycles. The minimum absolute atomic E-state index is 0. The molecule has 0 fully saturated rings. The number of fused-ring (bicyclic) bond motifs is 1. The van der Waals surface area contributed by atoms with Crippen molar-refractivity contribution in [3.05, 3.63) is 21.4 Å². The summed E-state index contributed by atoms with van der Waals surface area (Å²) < 4.78 is 0. The fourth-order valence-electron chi connectivity index (χ4n) is 2.38. The Bertz CT molecular complexity index is 431. The highest BCUT2D eigenvalue weighted by molar-refractivity contribution is 7.14. The van der Waals surface area contributed by atoms with Crippen molar-refractivity contribution in [2.24, 2.45) is 5.73 Å². The third-order valence-corrected chi connectivity index (χ3v) is 4.92. The Morgan fingerprint density at radius 2 is 1.95 bits per heavy atom. The quantitative estimate of drug-likeness (QED) is 0.899. The Morgan fingerprint density at radius 3 is 2.60 bits per heavy atom. The molecule has 1 aromatic heterocycles. The van der Waals surface area contributed by atoms with E-state index >= 15 is 0 Å². The van der Waals surface area contributed by atoms with Gasteiger partial charge in [0.15, 0.2) is 0 Å². The summed E-state index contributed by atoms with van der Waals surface area (Å²) in [6.45, 7) is 4.35. The van der Waals surface area contributed by atoms with E-state index in [2.05, 4.69) is 11.4 Å². The van der Waals surface area contributed by atoms with E-state index in [0.29, 0.717) is 6.54 Å². The highest BCUT2D eigenvalue weighted by atomic mass is 35.5. The normalized spacial score (nSPS) is 15.6. The molecule has 5 heteroatoms. The standard InChI is InChI=1S/C15H24N2OS.ClH/c1-15(2,10-16)17-14(18)13-9-11-7-5-3-4-6-8-12(11)19-13;/h9H,3-8,10,16H2,1-2H3,(H,17,18);1H. The molecule has 0 unspecified atom stereocenters. The molecule has 0 aromatic carbocycles. The molecule has 1 amide bonds. The Morgan fingerprint density at radius 1 is 1.30 bits per heavy atom. The summed E-state index contributed by atoms with van der Waals surface area (Å²) in [6, 6.07) is 2.09. The summed E-state index contributed by atoms with van der Waals surface area (Å²) in [5.41, 5.74) is 6.71. The van der Waals surface area contributed by atoms with Crippen LogP contribution in [0.1, 0.15) is 59.6 Å². The van der Waals surface area contributed by atoms with Crippen LogP contribution in [-0.2, 0) is 12.8 Å². The third-order valence-electron chi connectivity index (χ3n) is 3.68. The molecule has 20 heavy (non-hydrogen) atoms. The molecule has 0 atom stereocenters. The molecule has 1 heterocycles. The van der Waals surface area contributed by atoms with E-state index in [1.165, 1.54) is 36.1 Å². The van der Waals surface area contributed by atoms with Gasteiger partial charge in [0.05, 0.1) is 4.88 Å². The summed E-state index contributed by atoms with van der Waals surface area (Å²) >= 11 is 1.66. The molecule has 1 aliphatic rings. The molecule has 1 aromatic rings. The van der Waals surface area contributed by atoms with Gasteiger partial charge in [0.25, 0.3) is 5.91 Å². The fourth-order valence-corrected chi connectivity index (χ4v) is 3.52. The Balaban J connectivity index is 0.00000200. The van der Waals surface area contributed by atoms with Crippen LogP contribution < -0.4 is 11.1 Å². The molecule has 3 N–H and O–H groups in total. The van der Waals surface area contributed by atoms with Crippen molar-refractivity contribution in [3.8, 4) is 0 Å². The molecule has 0 bridgehead atoms. The first kappa shape index (κ1) is 17.5. The van der Waals surface area contributed by atoms with Crippen molar-refractivity contribution < 1.29 is 4.79 Å². The Kier molecular flexibility index (Phi) is 6.49. The van der Waals surface area contributed by atoms with Gasteiger partial charge in [-0.2, -0.15) is 0 Å². The highest BCUT2D eigenvalue weighted by Crippen LogP contribution is 2.28. The van der Waals surface area contributed by atoms with Gasteiger partial charge in [-0.3, -0.25) is 4.79 Å². The van der Waals surface area contributed by atoms with E-state index in [1.54, 1.807) is 11.3 Å². The first-order valence-corrected chi connectivity index (χ1v) is 7.98. The Hall–Kier alpha value is -0.580. The van der Waals surface area contributed by atoms with E-state index in [1.807, 2.05) is 13.8 Å². The fraction of sp³-hybridized carbons (Fsp3) is 0.667. The van der Waals surface area contributed by atoms with Crippen LogP contribution in [0.25, 0.3) is 0 Å². The summed E-state index contributed by atoms with van der Waals surface area (Å²) in [4.78, 5) is 14.5. The second-order valence-electron chi connectivity index (χ2n) is 6.02. The highest BCUT2D eigenvalue weighted by Gasteiger charge is 2.22. The first-order valence-electron chi connectivity index (χ1n) is 7.16. The first-order chi connectivity index (χ1) is 9.02. The van der Waals surface area contributed by atoms with Crippen molar-refractivity contribution in [2.45, 2.75) is 57.9 Å². The van der Waals surface area contributed by atoms with E-state index < -0.39 is 0 Å². The number of carbonyl (C=O) groups is 1. The Labute approximate surface area is 131 Å². The number of hydrogen-bond donors (Lipinski definition) is 2. The molecular formula is C15H25ClN2OS. The maximum Gasteiger partial charge on any atom is 0.261 e. The minimum atomic E-state index is -0.338. The van der Waals surface area contributed by atoms with Crippen molar-refractivity contribution in [2.75, 3.05) is 6.54 Å². The number of nitrogens with two attached hydrogens (primary N) is 1. The van der Waals surface area contributed by atoms with Gasteiger partial charge in [0, 0.05) is 17.0 Å². The second kappa shape index (κ2) is 7.43. The molecule has 2 rings (SSSR count). The number of aryl methyl sites for hydroxylation is 2. The molecular weight excluding hydrogens is 292 g/mol. The van der Waals surface area contributed by atoms with Gasteiger partial charge in [0.1, 0.15) is 0 Å². The van der Waals surface area contributed by atoms with Crippen molar-refractivity contribution in [1.29, 1.82) is 0 Å². The van der Waals surface area contributed by atoms with Crippen LogP contribution >= 0.6 is 23.7 Å². The number of thiophene rings is 1. The van der Waals surface area contributed by atoms with Crippen LogP contribution in [0.4, 0.5) is 0 Å². The lowest BCUT2D eigenvalue weighted by molar-refractivity contribution is 0.0920. The lowest BCUT2D eigenvalue weighted by Crippen LogP contribution is -2.48. The van der Waals surface area contributed by atoms with Crippen LogP contribution in [0.5, 0.6) is 0 Å². The average Bonchev–Trinajstić information content (AvgIpc) is 2.71. The smallest absolute Gasteiger partial charge is 0.261 e. The van der Waals surface area contributed by atoms with Crippen molar-refractivity contribution in [3.63, 3.8) is 0 Å². The van der Waals surface area contributed by atoms with Gasteiger partial charge in [-0.1, -0.05) is 12.8 Å². The summed E-state index contributed by atoms with van der Waals surface area (Å²) in [7, 11) is 0. The summed E-state index contributed by atoms with van der Waals surface area (Å²) in [5, 5.41) is 3.01. The maximum absolute atomic E-state index is 12.3. The van der Waals surface area contributed by atoms with Gasteiger partial charge in [-0.25, -0.2) is 0 Å². The van der Waals surface area contributed by atoms with Gasteiger partial charge < -0.3 is 11.1 Å². The maximum atomic E-state index is 12.3. The van der Waals surface area contributed by atoms with Crippen LogP contribution in [-0.4, -0.2) is 18.0 Å². The zero-order valence-corrected chi connectivity index (χ0v) is 14.0. The number of nitrogens with one attached hydrogen (secondary N) is 1. The summed E-state index contributed by atoms with van der Waals surface area (Å²) in [5.74, 6) is 0.0206. The summed E-state index contributed by atoms with van der Waals surface area (Å²) in [6.07, 6.45) is 7.39. The van der Waals surface area contributed by atoms with Gasteiger partial charge in [-0.15, -0.1) is 23.7 Å². The number of amides is 1. The minimum Gasteiger partial charge on any atom is -0.345 e.